The fraction of sp³-hybridized carbons (Fsp3) is 0.500. The van der Waals surface area contributed by atoms with E-state index in [4.69, 9.17) is 0 Å². The number of methoxy groups -OCH3 is 1. The predicted molar refractivity (Wildman–Crippen MR) is 49.4 cm³/mol. The first-order valence-corrected chi connectivity index (χ1v) is 4.82. The van der Waals surface area contributed by atoms with Crippen LogP contribution in [0.15, 0.2) is 16.5 Å². The van der Waals surface area contributed by atoms with E-state index in [1.807, 2.05) is 0 Å². The highest BCUT2D eigenvalue weighted by Crippen LogP contribution is 2.41. The topological polar surface area (TPSA) is 39.4 Å². The monoisotopic (exact) mass is 290 g/mol. The number of carbonyl (C=O) groups is 1. The van der Waals surface area contributed by atoms with Crippen molar-refractivity contribution < 1.29 is 40.3 Å². The Kier molecular flexibility index (Phi) is 4.28. The van der Waals surface area contributed by atoms with Crippen molar-refractivity contribution >= 4 is 5.78 Å². The first kappa shape index (κ1) is 15.5. The lowest BCUT2D eigenvalue weighted by molar-refractivity contribution is -0.265. The Labute approximate surface area is 103 Å². The number of hydrogen-bond acceptors (Lipinski definition) is 3. The van der Waals surface area contributed by atoms with Crippen LogP contribution < -0.4 is 0 Å². The van der Waals surface area contributed by atoms with Gasteiger partial charge in [0.1, 0.15) is 12.4 Å². The van der Waals surface area contributed by atoms with E-state index in [1.54, 1.807) is 0 Å². The molecule has 0 saturated carbocycles. The highest BCUT2D eigenvalue weighted by molar-refractivity contribution is 5.96. The van der Waals surface area contributed by atoms with E-state index in [9.17, 15) is 31.1 Å². The van der Waals surface area contributed by atoms with Crippen LogP contribution in [0.4, 0.5) is 26.3 Å². The van der Waals surface area contributed by atoms with Gasteiger partial charge in [-0.05, 0) is 12.1 Å². The molecule has 9 heteroatoms. The molecule has 0 amide bonds. The summed E-state index contributed by atoms with van der Waals surface area (Å²) in [5, 5.41) is 0. The summed E-state index contributed by atoms with van der Waals surface area (Å²) in [6, 6.07) is 1.82. The number of alkyl halides is 6. The second-order valence-corrected chi connectivity index (χ2v) is 3.58. The molecular formula is C10H8F6O3. The molecule has 1 heterocycles. The van der Waals surface area contributed by atoms with Crippen LogP contribution in [0.1, 0.15) is 16.3 Å². The molecule has 1 aromatic rings. The normalized spacial score (nSPS) is 13.1. The zero-order valence-corrected chi connectivity index (χ0v) is 9.43. The van der Waals surface area contributed by atoms with Crippen LogP contribution in [0.25, 0.3) is 0 Å². The molecule has 1 rings (SSSR count). The molecule has 0 bridgehead atoms. The fourth-order valence-electron chi connectivity index (χ4n) is 1.36. The van der Waals surface area contributed by atoms with Gasteiger partial charge >= 0.3 is 12.4 Å². The molecule has 0 spiro atoms. The molecule has 3 nitrogen and oxygen atoms in total. The Morgan fingerprint density at radius 1 is 1.21 bits per heavy atom. The Hall–Kier alpha value is -1.51. The molecule has 0 aromatic carbocycles. The van der Waals surface area contributed by atoms with Gasteiger partial charge in [-0.25, -0.2) is 0 Å². The van der Waals surface area contributed by atoms with Crippen molar-refractivity contribution in [3.63, 3.8) is 0 Å². The first-order chi connectivity index (χ1) is 8.57. The highest BCUT2D eigenvalue weighted by atomic mass is 19.4. The minimum absolute atomic E-state index is 0.0473. The summed E-state index contributed by atoms with van der Waals surface area (Å²) in [6.07, 6.45) is -11.5. The summed E-state index contributed by atoms with van der Waals surface area (Å²) < 4.78 is 82.9. The molecule has 0 aliphatic heterocycles. The van der Waals surface area contributed by atoms with Crippen LogP contribution in [-0.4, -0.2) is 25.2 Å². The average molecular weight is 290 g/mol. The third kappa shape index (κ3) is 3.72. The smallest absolute Gasteiger partial charge is 0.407 e. The molecule has 19 heavy (non-hydrogen) atoms. The summed E-state index contributed by atoms with van der Waals surface area (Å²) in [6.45, 7) is -0.171. The van der Waals surface area contributed by atoms with E-state index in [1.165, 1.54) is 7.11 Å². The maximum atomic E-state index is 12.3. The van der Waals surface area contributed by atoms with Crippen molar-refractivity contribution in [2.24, 2.45) is 5.92 Å². The van der Waals surface area contributed by atoms with Gasteiger partial charge < -0.3 is 9.15 Å². The van der Waals surface area contributed by atoms with E-state index >= 15 is 0 Å². The Balaban J connectivity index is 3.06. The van der Waals surface area contributed by atoms with E-state index in [0.717, 1.165) is 12.1 Å². The summed E-state index contributed by atoms with van der Waals surface area (Å²) in [5.41, 5.74) is 0. The van der Waals surface area contributed by atoms with Crippen LogP contribution >= 0.6 is 0 Å². The van der Waals surface area contributed by atoms with E-state index in [2.05, 4.69) is 9.15 Å². The highest BCUT2D eigenvalue weighted by Gasteiger charge is 2.61. The molecule has 0 N–H and O–H groups in total. The lowest BCUT2D eigenvalue weighted by Crippen LogP contribution is -2.42. The number of rotatable bonds is 4. The van der Waals surface area contributed by atoms with Crippen molar-refractivity contribution in [1.82, 2.24) is 0 Å². The van der Waals surface area contributed by atoms with E-state index in [-0.39, 0.29) is 12.4 Å². The van der Waals surface area contributed by atoms with Crippen molar-refractivity contribution in [2.45, 2.75) is 19.0 Å². The minimum Gasteiger partial charge on any atom is -0.455 e. The minimum atomic E-state index is -5.73. The van der Waals surface area contributed by atoms with E-state index < -0.39 is 29.8 Å². The summed E-state index contributed by atoms with van der Waals surface area (Å²) in [4.78, 5) is 11.3. The summed E-state index contributed by atoms with van der Waals surface area (Å²) in [7, 11) is 1.25. The quantitative estimate of drug-likeness (QED) is 0.630. The zero-order valence-electron chi connectivity index (χ0n) is 9.43. The molecule has 0 atom stereocenters. The third-order valence-electron chi connectivity index (χ3n) is 2.11. The molecule has 108 valence electrons. The zero-order chi connectivity index (χ0) is 14.8. The molecule has 0 fully saturated rings. The van der Waals surface area contributed by atoms with Crippen LogP contribution in [0, 0.1) is 5.92 Å². The van der Waals surface area contributed by atoms with Crippen LogP contribution in [0.5, 0.6) is 0 Å². The number of furan rings is 1. The SMILES string of the molecule is COCc1ccc(C(=O)C(C(F)(F)F)C(F)(F)F)o1. The molecular weight excluding hydrogens is 282 g/mol. The van der Waals surface area contributed by atoms with Gasteiger partial charge in [-0.1, -0.05) is 0 Å². The molecule has 0 unspecified atom stereocenters. The maximum Gasteiger partial charge on any atom is 0.407 e. The maximum absolute atomic E-state index is 12.3. The van der Waals surface area contributed by atoms with Crippen molar-refractivity contribution in [2.75, 3.05) is 7.11 Å². The Morgan fingerprint density at radius 3 is 2.16 bits per heavy atom. The number of halogens is 6. The molecule has 0 saturated heterocycles. The van der Waals surface area contributed by atoms with Crippen LogP contribution in [0.3, 0.4) is 0 Å². The summed E-state index contributed by atoms with van der Waals surface area (Å²) >= 11 is 0. The van der Waals surface area contributed by atoms with Gasteiger partial charge in [0.05, 0.1) is 0 Å². The van der Waals surface area contributed by atoms with Crippen molar-refractivity contribution in [3.05, 3.63) is 23.7 Å². The Bertz CT molecular complexity index is 431. The molecule has 0 aliphatic rings. The van der Waals surface area contributed by atoms with Crippen molar-refractivity contribution in [1.29, 1.82) is 0 Å². The Morgan fingerprint density at radius 2 is 1.74 bits per heavy atom. The number of carbonyl (C=O) groups excluding carboxylic acids is 1. The first-order valence-electron chi connectivity index (χ1n) is 4.82. The molecule has 0 radical (unpaired) electrons. The van der Waals surface area contributed by atoms with Crippen LogP contribution in [-0.2, 0) is 11.3 Å². The second-order valence-electron chi connectivity index (χ2n) is 3.58. The number of hydrogen-bond donors (Lipinski definition) is 0. The molecule has 0 aliphatic carbocycles. The van der Waals surface area contributed by atoms with Gasteiger partial charge in [0.2, 0.25) is 11.7 Å². The number of ketones is 1. The van der Waals surface area contributed by atoms with Gasteiger partial charge in [0.25, 0.3) is 0 Å². The van der Waals surface area contributed by atoms with Gasteiger partial charge in [-0.15, -0.1) is 0 Å². The largest absolute Gasteiger partial charge is 0.455 e. The lowest BCUT2D eigenvalue weighted by Gasteiger charge is -2.20. The fourth-order valence-corrected chi connectivity index (χ4v) is 1.36. The molecule has 1 aromatic heterocycles. The lowest BCUT2D eigenvalue weighted by atomic mass is 10.0. The summed E-state index contributed by atoms with van der Waals surface area (Å²) in [5.74, 6) is -7.33. The average Bonchev–Trinajstić information content (AvgIpc) is 2.62. The van der Waals surface area contributed by atoms with Gasteiger partial charge in [-0.2, -0.15) is 26.3 Å². The van der Waals surface area contributed by atoms with Crippen LogP contribution in [0.2, 0.25) is 0 Å². The van der Waals surface area contributed by atoms with E-state index in [0.29, 0.717) is 0 Å². The predicted octanol–water partition coefficient (Wildman–Crippen LogP) is 3.35. The number of Topliss-reactive ketones (excluding diaryl/α,β-unsaturated/α-hetero) is 1. The van der Waals surface area contributed by atoms with Gasteiger partial charge in [0, 0.05) is 7.11 Å². The van der Waals surface area contributed by atoms with Gasteiger partial charge in [-0.3, -0.25) is 4.79 Å². The third-order valence-corrected chi connectivity index (χ3v) is 2.11. The number of ether oxygens (including phenoxy) is 1. The standard InChI is InChI=1S/C10H8F6O3/c1-18-4-5-2-3-6(19-5)7(17)8(9(11,12)13)10(14,15)16/h2-3,8H,4H2,1H3. The van der Waals surface area contributed by atoms with Crippen molar-refractivity contribution in [3.8, 4) is 0 Å². The van der Waals surface area contributed by atoms with Gasteiger partial charge in [0.15, 0.2) is 5.76 Å². The second kappa shape index (κ2) is 5.24.